The molecule has 7 aliphatic carbocycles. The second-order valence-corrected chi connectivity index (χ2v) is 19.1. The van der Waals surface area contributed by atoms with E-state index in [0.717, 1.165) is 11.8 Å². The lowest BCUT2D eigenvalue weighted by molar-refractivity contribution is 0.00321. The second-order valence-electron chi connectivity index (χ2n) is 19.1. The van der Waals surface area contributed by atoms with E-state index in [1.165, 1.54) is 130 Å². The van der Waals surface area contributed by atoms with E-state index >= 15 is 0 Å². The lowest BCUT2D eigenvalue weighted by Gasteiger charge is -2.48. The van der Waals surface area contributed by atoms with Crippen molar-refractivity contribution >= 4 is 38.1 Å². The third kappa shape index (κ3) is 3.36. The Morgan fingerprint density at radius 3 is 1.76 bits per heavy atom. The second kappa shape index (κ2) is 9.50. The van der Waals surface area contributed by atoms with Crippen LogP contribution >= 0.6 is 0 Å². The average Bonchev–Trinajstić information content (AvgIpc) is 3.80. The van der Waals surface area contributed by atoms with E-state index in [1.807, 2.05) is 0 Å². The van der Waals surface area contributed by atoms with Crippen LogP contribution in [0.15, 0.2) is 36.7 Å². The molecule has 4 heterocycles. The summed E-state index contributed by atoms with van der Waals surface area (Å²) in [5, 5.41) is 6.02. The molecule has 5 bridgehead atoms. The molecule has 5 unspecified atom stereocenters. The Bertz CT molecular complexity index is 2420. The van der Waals surface area contributed by atoms with Crippen molar-refractivity contribution in [3.05, 3.63) is 75.9 Å². The summed E-state index contributed by atoms with van der Waals surface area (Å²) in [7, 11) is 0. The molecule has 0 N–H and O–H groups in total. The number of benzene rings is 2. The van der Waals surface area contributed by atoms with Crippen molar-refractivity contribution in [3.63, 3.8) is 0 Å². The Morgan fingerprint density at radius 2 is 1.16 bits per heavy atom. The molecule has 5 atom stereocenters. The van der Waals surface area contributed by atoms with Gasteiger partial charge < -0.3 is 4.40 Å². The average molecular weight is 658 g/mol. The fourth-order valence-electron chi connectivity index (χ4n) is 13.8. The highest BCUT2D eigenvalue weighted by Gasteiger charge is 2.66. The zero-order valence-electron chi connectivity index (χ0n) is 30.9. The van der Waals surface area contributed by atoms with Crippen LogP contribution in [0.1, 0.15) is 180 Å². The third-order valence-electron chi connectivity index (χ3n) is 15.9. The van der Waals surface area contributed by atoms with Crippen LogP contribution in [0.2, 0.25) is 0 Å². The largest absolute Gasteiger partial charge is 0.305 e. The summed E-state index contributed by atoms with van der Waals surface area (Å²) in [5.41, 5.74) is 18.3. The van der Waals surface area contributed by atoms with Crippen molar-refractivity contribution in [2.24, 2.45) is 17.3 Å². The van der Waals surface area contributed by atoms with E-state index in [-0.39, 0.29) is 0 Å². The number of pyridine rings is 2. The Morgan fingerprint density at radius 1 is 0.620 bits per heavy atom. The molecule has 254 valence electrons. The van der Waals surface area contributed by atoms with Gasteiger partial charge in [0.2, 0.25) is 0 Å². The van der Waals surface area contributed by atoms with Gasteiger partial charge in [0.1, 0.15) is 0 Å². The molecule has 2 aromatic carbocycles. The SMILES string of the molecule is CC(C)c1cc(C(C)C)c(-c2cc3c4c5c(ncc4n4c6cnc7c(c6c(c2)c34)C2CC3CC4CC7CC43C2)C2CCC5CC2)c(C(C)C)c1. The minimum atomic E-state index is 0.448. The maximum absolute atomic E-state index is 5.52. The summed E-state index contributed by atoms with van der Waals surface area (Å²) >= 11 is 0. The first-order chi connectivity index (χ1) is 24.2. The van der Waals surface area contributed by atoms with E-state index in [0.29, 0.717) is 46.8 Å². The standard InChI is InChI=1S/C47H51N3/c1-22(2)27-13-33(23(3)4)39(34(14-27)24(5)6)28-15-35-42-37(20-48-44-26-9-7-25(8-10-26)40(42)44)50-38-21-49-45-30-12-32-17-31-11-29(18-47(31,32)19-30)41(45)43(38)36(16-28)46(35)50/h13-16,20-26,29-32H,7-12,17-19H2,1-6H3. The van der Waals surface area contributed by atoms with Crippen LogP contribution in [0.5, 0.6) is 0 Å². The van der Waals surface area contributed by atoms with Crippen molar-refractivity contribution in [3.8, 4) is 11.1 Å². The van der Waals surface area contributed by atoms with Gasteiger partial charge in [0.15, 0.2) is 0 Å². The smallest absolute Gasteiger partial charge is 0.0728 e. The zero-order valence-corrected chi connectivity index (χ0v) is 30.9. The zero-order chi connectivity index (χ0) is 33.5. The molecule has 4 aromatic heterocycles. The van der Waals surface area contributed by atoms with Crippen LogP contribution in [-0.4, -0.2) is 14.4 Å². The van der Waals surface area contributed by atoms with Gasteiger partial charge in [-0.3, -0.25) is 9.97 Å². The minimum Gasteiger partial charge on any atom is -0.305 e. The Balaban J connectivity index is 1.25. The molecule has 3 nitrogen and oxygen atoms in total. The quantitative estimate of drug-likeness (QED) is 0.189. The molecule has 4 saturated carbocycles. The van der Waals surface area contributed by atoms with Crippen LogP contribution in [0.25, 0.3) is 49.2 Å². The molecule has 0 amide bonds. The van der Waals surface area contributed by atoms with Gasteiger partial charge in [-0.15, -0.1) is 0 Å². The lowest BCUT2D eigenvalue weighted by atomic mass is 9.56. The molecular weight excluding hydrogens is 607 g/mol. The Hall–Kier alpha value is -3.46. The van der Waals surface area contributed by atoms with Crippen molar-refractivity contribution in [1.82, 2.24) is 14.4 Å². The maximum atomic E-state index is 5.52. The van der Waals surface area contributed by atoms with E-state index in [4.69, 9.17) is 9.97 Å². The topological polar surface area (TPSA) is 30.2 Å². The van der Waals surface area contributed by atoms with Crippen LogP contribution < -0.4 is 0 Å². The highest BCUT2D eigenvalue weighted by atomic mass is 15.0. The minimum absolute atomic E-state index is 0.448. The van der Waals surface area contributed by atoms with Gasteiger partial charge in [0, 0.05) is 44.8 Å². The first-order valence-corrected chi connectivity index (χ1v) is 20.4. The molecule has 13 rings (SSSR count). The molecule has 0 radical (unpaired) electrons. The Labute approximate surface area is 296 Å². The van der Waals surface area contributed by atoms with Gasteiger partial charge in [0.25, 0.3) is 0 Å². The van der Waals surface area contributed by atoms with Gasteiger partial charge in [-0.1, -0.05) is 53.7 Å². The monoisotopic (exact) mass is 657 g/mol. The van der Waals surface area contributed by atoms with Crippen molar-refractivity contribution in [2.45, 2.75) is 141 Å². The van der Waals surface area contributed by atoms with Crippen molar-refractivity contribution < 1.29 is 0 Å². The van der Waals surface area contributed by atoms with Crippen LogP contribution in [-0.2, 0) is 0 Å². The van der Waals surface area contributed by atoms with Gasteiger partial charge >= 0.3 is 0 Å². The number of rotatable bonds is 4. The maximum Gasteiger partial charge on any atom is 0.0728 e. The fourth-order valence-corrected chi connectivity index (χ4v) is 13.8. The highest BCUT2D eigenvalue weighted by Crippen LogP contribution is 2.76. The van der Waals surface area contributed by atoms with E-state index in [1.54, 1.807) is 16.5 Å². The van der Waals surface area contributed by atoms with E-state index < -0.39 is 0 Å². The van der Waals surface area contributed by atoms with Crippen molar-refractivity contribution in [2.75, 3.05) is 0 Å². The summed E-state index contributed by atoms with van der Waals surface area (Å²) in [4.78, 5) is 10.9. The molecule has 3 heteroatoms. The van der Waals surface area contributed by atoms with E-state index in [9.17, 15) is 0 Å². The first kappa shape index (κ1) is 29.2. The Kier molecular flexibility index (Phi) is 5.54. The molecule has 0 aliphatic heterocycles. The summed E-state index contributed by atoms with van der Waals surface area (Å²) < 4.78 is 2.64. The summed E-state index contributed by atoms with van der Waals surface area (Å²) in [5.74, 6) is 5.90. The van der Waals surface area contributed by atoms with E-state index in [2.05, 4.69) is 82.6 Å². The molecule has 50 heavy (non-hydrogen) atoms. The molecule has 7 aliphatic rings. The fraction of sp³-hybridized carbons (Fsp3) is 0.532. The predicted molar refractivity (Wildman–Crippen MR) is 206 cm³/mol. The summed E-state index contributed by atoms with van der Waals surface area (Å²) in [6, 6.07) is 10.4. The summed E-state index contributed by atoms with van der Waals surface area (Å²) in [6.07, 6.45) is 16.9. The highest BCUT2D eigenvalue weighted by molar-refractivity contribution is 6.26. The van der Waals surface area contributed by atoms with Crippen molar-refractivity contribution in [1.29, 1.82) is 0 Å². The predicted octanol–water partition coefficient (Wildman–Crippen LogP) is 12.8. The van der Waals surface area contributed by atoms with Crippen LogP contribution in [0, 0.1) is 17.3 Å². The number of fused-ring (bicyclic) bond motifs is 14. The number of nitrogens with zero attached hydrogens (tertiary/aromatic N) is 3. The van der Waals surface area contributed by atoms with Gasteiger partial charge in [-0.2, -0.15) is 0 Å². The normalized spacial score (nSPS) is 30.5. The molecular formula is C47H51N3. The number of hydrogen-bond donors (Lipinski definition) is 0. The summed E-state index contributed by atoms with van der Waals surface area (Å²) in [6.45, 7) is 14.3. The number of aromatic nitrogens is 3. The number of hydrogen-bond acceptors (Lipinski definition) is 2. The van der Waals surface area contributed by atoms with Gasteiger partial charge in [-0.05, 0) is 156 Å². The lowest BCUT2D eigenvalue weighted by Crippen LogP contribution is -2.41. The molecule has 1 spiro atoms. The molecule has 4 fully saturated rings. The third-order valence-corrected chi connectivity index (χ3v) is 15.9. The van der Waals surface area contributed by atoms with Gasteiger partial charge in [-0.25, -0.2) is 0 Å². The first-order valence-electron chi connectivity index (χ1n) is 20.4. The van der Waals surface area contributed by atoms with Crippen LogP contribution in [0.4, 0.5) is 0 Å². The van der Waals surface area contributed by atoms with Gasteiger partial charge in [0.05, 0.1) is 28.9 Å². The molecule has 6 aromatic rings. The molecule has 0 saturated heterocycles. The van der Waals surface area contributed by atoms with Crippen LogP contribution in [0.3, 0.4) is 0 Å².